The Morgan fingerprint density at radius 2 is 0.857 bits per heavy atom. The van der Waals surface area contributed by atoms with Gasteiger partial charge in [0.15, 0.2) is 0 Å². The van der Waals surface area contributed by atoms with Crippen molar-refractivity contribution in [2.24, 2.45) is 0 Å². The van der Waals surface area contributed by atoms with Crippen molar-refractivity contribution < 1.29 is 35.6 Å². The Morgan fingerprint density at radius 1 is 0.667 bits per heavy atom. The van der Waals surface area contributed by atoms with Gasteiger partial charge in [0.2, 0.25) is 0 Å². The summed E-state index contributed by atoms with van der Waals surface area (Å²) >= 11 is 0. The second-order valence-corrected chi connectivity index (χ2v) is 5.59. The number of nitrogens with zero attached hydrogens (tertiary/aromatic N) is 2. The standard InChI is InChI=1S/C8H18N2.C5H10.C3H8.2CH3.La/c1-6(2)9-8(5)10-7(3)4;1-2-4-5-3-1;1-3-2;;;/h6-8H,1-5H3;1-5H2;3H2,1-2H3;2*1H3;/q-2;;;2*-1;. The minimum atomic E-state index is 0. The van der Waals surface area contributed by atoms with Gasteiger partial charge in [-0.15, -0.1) is 19.0 Å². The van der Waals surface area contributed by atoms with Crippen molar-refractivity contribution >= 4 is 0 Å². The smallest absolute Gasteiger partial charge is 0 e. The molecular formula is C18H42LaN2-4. The fourth-order valence-corrected chi connectivity index (χ4v) is 1.79. The fraction of sp³-hybridized carbons (Fsp3) is 0.889. The molecule has 0 aromatic rings. The maximum Gasteiger partial charge on any atom is 0 e. The SMILES string of the molecule is C1CCCC1.CC(C)[N-]C(C)[N-]C(C)C.CCC.[CH3-].[CH3-].[La]. The van der Waals surface area contributed by atoms with E-state index >= 15 is 0 Å². The van der Waals surface area contributed by atoms with Crippen LogP contribution in [0.15, 0.2) is 0 Å². The van der Waals surface area contributed by atoms with Crippen LogP contribution in [0.5, 0.6) is 0 Å². The van der Waals surface area contributed by atoms with Crippen LogP contribution in [-0.2, 0) is 0 Å². The molecule has 0 spiro atoms. The van der Waals surface area contributed by atoms with Crippen LogP contribution >= 0.6 is 0 Å². The van der Waals surface area contributed by atoms with Crippen molar-refractivity contribution in [3.05, 3.63) is 25.5 Å². The van der Waals surface area contributed by atoms with Crippen LogP contribution in [0.1, 0.15) is 87.0 Å². The van der Waals surface area contributed by atoms with Crippen LogP contribution in [0.2, 0.25) is 0 Å². The molecule has 1 fully saturated rings. The van der Waals surface area contributed by atoms with Crippen molar-refractivity contribution in [1.29, 1.82) is 0 Å². The molecular weight excluding hydrogens is 383 g/mol. The van der Waals surface area contributed by atoms with Crippen LogP contribution in [0, 0.1) is 50.5 Å². The fourth-order valence-electron chi connectivity index (χ4n) is 1.79. The quantitative estimate of drug-likeness (QED) is 0.428. The van der Waals surface area contributed by atoms with E-state index in [0.717, 1.165) is 0 Å². The second kappa shape index (κ2) is 26.0. The summed E-state index contributed by atoms with van der Waals surface area (Å²) in [6.45, 7) is 14.6. The first-order valence-electron chi connectivity index (χ1n) is 7.83. The van der Waals surface area contributed by atoms with Crippen LogP contribution in [0.3, 0.4) is 0 Å². The van der Waals surface area contributed by atoms with Gasteiger partial charge in [-0.3, -0.25) is 0 Å². The van der Waals surface area contributed by atoms with Gasteiger partial charge in [-0.05, 0) is 0 Å². The minimum Gasteiger partial charge on any atom is -0.676 e. The summed E-state index contributed by atoms with van der Waals surface area (Å²) in [5.41, 5.74) is 0. The molecule has 0 bridgehead atoms. The molecule has 1 aliphatic rings. The third-order valence-electron chi connectivity index (χ3n) is 2.28. The van der Waals surface area contributed by atoms with Crippen molar-refractivity contribution in [3.8, 4) is 0 Å². The van der Waals surface area contributed by atoms with E-state index in [1.165, 1.54) is 38.5 Å². The van der Waals surface area contributed by atoms with Gasteiger partial charge in [-0.2, -0.15) is 0 Å². The Bertz CT molecular complexity index is 129. The van der Waals surface area contributed by atoms with Crippen molar-refractivity contribution in [3.63, 3.8) is 0 Å². The molecule has 0 N–H and O–H groups in total. The van der Waals surface area contributed by atoms with Gasteiger partial charge in [0.25, 0.3) is 0 Å². The maximum absolute atomic E-state index is 4.35. The molecule has 0 unspecified atom stereocenters. The number of rotatable bonds is 4. The summed E-state index contributed by atoms with van der Waals surface area (Å²) in [6.07, 6.45) is 8.92. The summed E-state index contributed by atoms with van der Waals surface area (Å²) in [6, 6.07) is 0.801. The summed E-state index contributed by atoms with van der Waals surface area (Å²) < 4.78 is 0. The molecule has 1 saturated carbocycles. The zero-order valence-corrected chi connectivity index (χ0v) is 20.1. The first-order chi connectivity index (χ1) is 8.43. The molecule has 1 radical (unpaired) electrons. The van der Waals surface area contributed by atoms with Crippen molar-refractivity contribution in [2.45, 2.75) is 105 Å². The topological polar surface area (TPSA) is 28.2 Å². The molecule has 0 atom stereocenters. The van der Waals surface area contributed by atoms with E-state index in [1.54, 1.807) is 0 Å². The van der Waals surface area contributed by atoms with Crippen molar-refractivity contribution in [2.75, 3.05) is 0 Å². The van der Waals surface area contributed by atoms with E-state index in [4.69, 9.17) is 0 Å². The Morgan fingerprint density at radius 3 is 1.00 bits per heavy atom. The molecule has 0 saturated heterocycles. The molecule has 3 heteroatoms. The maximum atomic E-state index is 4.35. The first kappa shape index (κ1) is 33.7. The van der Waals surface area contributed by atoms with E-state index in [9.17, 15) is 0 Å². The molecule has 1 aliphatic carbocycles. The summed E-state index contributed by atoms with van der Waals surface area (Å²) in [4.78, 5) is 0. The molecule has 0 aliphatic heterocycles. The molecule has 21 heavy (non-hydrogen) atoms. The number of hydrogen-bond acceptors (Lipinski definition) is 0. The molecule has 0 amide bonds. The van der Waals surface area contributed by atoms with Crippen LogP contribution < -0.4 is 0 Å². The Kier molecular flexibility index (Phi) is 41.7. The van der Waals surface area contributed by atoms with E-state index < -0.39 is 0 Å². The van der Waals surface area contributed by atoms with Gasteiger partial charge < -0.3 is 25.5 Å². The van der Waals surface area contributed by atoms with Gasteiger partial charge in [0.05, 0.1) is 0 Å². The van der Waals surface area contributed by atoms with E-state index in [2.05, 4.69) is 52.2 Å². The molecule has 0 aromatic carbocycles. The number of hydrogen-bond donors (Lipinski definition) is 0. The largest absolute Gasteiger partial charge is 0.676 e. The summed E-state index contributed by atoms with van der Waals surface area (Å²) in [5.74, 6) is 0. The molecule has 0 aromatic heterocycles. The van der Waals surface area contributed by atoms with Gasteiger partial charge in [-0.25, -0.2) is 6.17 Å². The third kappa shape index (κ3) is 38.7. The van der Waals surface area contributed by atoms with Gasteiger partial charge in [0, 0.05) is 35.6 Å². The normalized spacial score (nSPS) is 12.3. The Hall–Kier alpha value is 1.11. The average Bonchev–Trinajstić information content (AvgIpc) is 2.72. The predicted molar refractivity (Wildman–Crippen MR) is 98.3 cm³/mol. The van der Waals surface area contributed by atoms with E-state index in [0.29, 0.717) is 12.1 Å². The monoisotopic (exact) mass is 425 g/mol. The summed E-state index contributed by atoms with van der Waals surface area (Å²) in [5, 5.41) is 8.70. The average molecular weight is 425 g/mol. The van der Waals surface area contributed by atoms with Gasteiger partial charge in [0.1, 0.15) is 0 Å². The van der Waals surface area contributed by atoms with Crippen molar-refractivity contribution in [1.82, 2.24) is 0 Å². The second-order valence-electron chi connectivity index (χ2n) is 5.59. The molecule has 131 valence electrons. The predicted octanol–water partition coefficient (Wildman–Crippen LogP) is 7.16. The Balaban J connectivity index is -0.0000000662. The zero-order valence-electron chi connectivity index (χ0n) is 16.4. The van der Waals surface area contributed by atoms with Gasteiger partial charge in [-0.1, -0.05) is 80.1 Å². The third-order valence-corrected chi connectivity index (χ3v) is 2.28. The van der Waals surface area contributed by atoms with Crippen LogP contribution in [0.4, 0.5) is 0 Å². The molecule has 1 rings (SSSR count). The first-order valence-corrected chi connectivity index (χ1v) is 7.83. The Labute approximate surface area is 165 Å². The summed E-state index contributed by atoms with van der Waals surface area (Å²) in [7, 11) is 0. The zero-order chi connectivity index (χ0) is 14.4. The van der Waals surface area contributed by atoms with E-state index in [1.807, 2.05) is 6.92 Å². The minimum absolute atomic E-state index is 0. The van der Waals surface area contributed by atoms with Gasteiger partial charge >= 0.3 is 0 Å². The van der Waals surface area contributed by atoms with E-state index in [-0.39, 0.29) is 56.6 Å². The van der Waals surface area contributed by atoms with Crippen LogP contribution in [-0.4, -0.2) is 18.2 Å². The molecule has 2 nitrogen and oxygen atoms in total. The molecule has 0 heterocycles. The van der Waals surface area contributed by atoms with Crippen LogP contribution in [0.25, 0.3) is 10.6 Å².